The van der Waals surface area contributed by atoms with Gasteiger partial charge in [-0.3, -0.25) is 14.4 Å². The van der Waals surface area contributed by atoms with E-state index in [1.54, 1.807) is 0 Å². The number of rotatable bonds is 60. The fourth-order valence-corrected chi connectivity index (χ4v) is 9.18. The molecule has 0 amide bonds. The first-order valence-corrected chi connectivity index (χ1v) is 33.7. The van der Waals surface area contributed by atoms with Crippen LogP contribution in [0.25, 0.3) is 0 Å². The Bertz CT molecular complexity index is 1720. The van der Waals surface area contributed by atoms with E-state index < -0.39 is 6.10 Å². The predicted octanol–water partition coefficient (Wildman–Crippen LogP) is 23.3. The molecular weight excluding hydrogens is 997 g/mol. The number of esters is 3. The van der Waals surface area contributed by atoms with Crippen LogP contribution < -0.4 is 0 Å². The lowest BCUT2D eigenvalue weighted by atomic mass is 10.0. The topological polar surface area (TPSA) is 78.9 Å². The first-order valence-electron chi connectivity index (χ1n) is 33.7. The molecule has 81 heavy (non-hydrogen) atoms. The summed E-state index contributed by atoms with van der Waals surface area (Å²) >= 11 is 0. The van der Waals surface area contributed by atoms with Gasteiger partial charge in [-0.1, -0.05) is 302 Å². The zero-order valence-corrected chi connectivity index (χ0v) is 52.8. The van der Waals surface area contributed by atoms with E-state index in [1.165, 1.54) is 122 Å². The maximum absolute atomic E-state index is 12.9. The van der Waals surface area contributed by atoms with Crippen molar-refractivity contribution in [3.63, 3.8) is 0 Å². The molecular formula is C75H124O6. The van der Waals surface area contributed by atoms with Crippen LogP contribution in [-0.2, 0) is 28.6 Å². The quantitative estimate of drug-likeness (QED) is 0.0261. The Kier molecular flexibility index (Phi) is 64.3. The molecule has 460 valence electrons. The molecule has 0 aliphatic carbocycles. The minimum absolute atomic E-state index is 0.0897. The third-order valence-electron chi connectivity index (χ3n) is 14.2. The van der Waals surface area contributed by atoms with Crippen LogP contribution in [0.3, 0.4) is 0 Å². The molecule has 0 aromatic heterocycles. The second-order valence-electron chi connectivity index (χ2n) is 22.0. The van der Waals surface area contributed by atoms with E-state index in [2.05, 4.69) is 154 Å². The monoisotopic (exact) mass is 1120 g/mol. The van der Waals surface area contributed by atoms with Crippen molar-refractivity contribution in [2.24, 2.45) is 0 Å². The first kappa shape index (κ1) is 76.5. The van der Waals surface area contributed by atoms with Crippen LogP contribution in [-0.4, -0.2) is 37.2 Å². The largest absolute Gasteiger partial charge is 0.462 e. The molecule has 0 bridgehead atoms. The Labute approximate surface area is 500 Å². The number of unbranched alkanes of at least 4 members (excludes halogenated alkanes) is 27. The highest BCUT2D eigenvalue weighted by atomic mass is 16.6. The van der Waals surface area contributed by atoms with Crippen LogP contribution in [0.4, 0.5) is 0 Å². The number of hydrogen-bond donors (Lipinski definition) is 0. The molecule has 0 radical (unpaired) electrons. The van der Waals surface area contributed by atoms with Gasteiger partial charge in [-0.25, -0.2) is 0 Å². The maximum Gasteiger partial charge on any atom is 0.306 e. The lowest BCUT2D eigenvalue weighted by Gasteiger charge is -2.18. The summed E-state index contributed by atoms with van der Waals surface area (Å²) in [4.78, 5) is 38.3. The molecule has 0 aliphatic heterocycles. The highest BCUT2D eigenvalue weighted by Gasteiger charge is 2.19. The summed E-state index contributed by atoms with van der Waals surface area (Å²) in [5, 5.41) is 0. The van der Waals surface area contributed by atoms with E-state index in [1.807, 2.05) is 0 Å². The number of carbonyl (C=O) groups is 3. The Morgan fingerprint density at radius 2 is 0.481 bits per heavy atom. The maximum atomic E-state index is 12.9. The fourth-order valence-electron chi connectivity index (χ4n) is 9.18. The second-order valence-corrected chi connectivity index (χ2v) is 22.0. The number of hydrogen-bond acceptors (Lipinski definition) is 6. The van der Waals surface area contributed by atoms with Crippen molar-refractivity contribution in [3.05, 3.63) is 134 Å². The molecule has 0 saturated heterocycles. The Morgan fingerprint density at radius 3 is 0.765 bits per heavy atom. The predicted molar refractivity (Wildman–Crippen MR) is 353 cm³/mol. The molecule has 0 saturated carbocycles. The fraction of sp³-hybridized carbons (Fsp3) is 0.667. The molecule has 1 unspecified atom stereocenters. The van der Waals surface area contributed by atoms with Crippen LogP contribution in [0, 0.1) is 0 Å². The van der Waals surface area contributed by atoms with Gasteiger partial charge in [0.25, 0.3) is 0 Å². The molecule has 0 rings (SSSR count). The van der Waals surface area contributed by atoms with Gasteiger partial charge in [-0.05, 0) is 116 Å². The lowest BCUT2D eigenvalue weighted by molar-refractivity contribution is -0.167. The minimum Gasteiger partial charge on any atom is -0.462 e. The number of carbonyl (C=O) groups excluding carboxylic acids is 3. The Hall–Kier alpha value is -4.45. The van der Waals surface area contributed by atoms with Gasteiger partial charge in [-0.2, -0.15) is 0 Å². The molecule has 6 heteroatoms. The smallest absolute Gasteiger partial charge is 0.306 e. The molecule has 0 aromatic rings. The van der Waals surface area contributed by atoms with E-state index in [4.69, 9.17) is 14.2 Å². The van der Waals surface area contributed by atoms with Gasteiger partial charge in [0.2, 0.25) is 0 Å². The van der Waals surface area contributed by atoms with Crippen LogP contribution >= 0.6 is 0 Å². The summed E-state index contributed by atoms with van der Waals surface area (Å²) in [6, 6.07) is 0. The molecule has 0 spiro atoms. The van der Waals surface area contributed by atoms with Gasteiger partial charge in [0.05, 0.1) is 0 Å². The summed E-state index contributed by atoms with van der Waals surface area (Å²) in [6.07, 6.45) is 96.2. The van der Waals surface area contributed by atoms with Crippen molar-refractivity contribution in [1.82, 2.24) is 0 Å². The van der Waals surface area contributed by atoms with E-state index in [0.29, 0.717) is 19.3 Å². The Balaban J connectivity index is 4.23. The van der Waals surface area contributed by atoms with Crippen molar-refractivity contribution in [1.29, 1.82) is 0 Å². The zero-order chi connectivity index (χ0) is 58.5. The highest BCUT2D eigenvalue weighted by Crippen LogP contribution is 2.16. The third kappa shape index (κ3) is 66.2. The minimum atomic E-state index is -0.793. The summed E-state index contributed by atoms with van der Waals surface area (Å²) in [6.45, 7) is 6.40. The van der Waals surface area contributed by atoms with E-state index in [-0.39, 0.29) is 31.1 Å². The van der Waals surface area contributed by atoms with E-state index in [0.717, 1.165) is 141 Å². The zero-order valence-electron chi connectivity index (χ0n) is 52.8. The SMILES string of the molecule is CC/C=C\C/C=C\C/C=C\C/C=C\C/C=C\C/C=C\C/C=C\C/C=C\CCCCCCCCCCCCC(=O)OCC(COC(=O)CCCCC/C=C\C/C=C\C/C=C\CC)OC(=O)CCCCCCCCCCCCCCCCC. The van der Waals surface area contributed by atoms with Gasteiger partial charge in [0.15, 0.2) is 6.10 Å². The van der Waals surface area contributed by atoms with Crippen LogP contribution in [0.15, 0.2) is 134 Å². The van der Waals surface area contributed by atoms with Crippen molar-refractivity contribution in [3.8, 4) is 0 Å². The second kappa shape index (κ2) is 68.1. The van der Waals surface area contributed by atoms with E-state index in [9.17, 15) is 14.4 Å². The molecule has 6 nitrogen and oxygen atoms in total. The number of allylic oxidation sites excluding steroid dienone is 22. The third-order valence-corrected chi connectivity index (χ3v) is 14.2. The number of ether oxygens (including phenoxy) is 3. The average Bonchev–Trinajstić information content (AvgIpc) is 3.46. The Morgan fingerprint density at radius 1 is 0.259 bits per heavy atom. The summed E-state index contributed by atoms with van der Waals surface area (Å²) in [7, 11) is 0. The van der Waals surface area contributed by atoms with Gasteiger partial charge in [0, 0.05) is 19.3 Å². The van der Waals surface area contributed by atoms with Crippen LogP contribution in [0.2, 0.25) is 0 Å². The highest BCUT2D eigenvalue weighted by molar-refractivity contribution is 5.71. The molecule has 1 atom stereocenters. The van der Waals surface area contributed by atoms with Crippen molar-refractivity contribution in [2.75, 3.05) is 13.2 Å². The van der Waals surface area contributed by atoms with Crippen LogP contribution in [0.5, 0.6) is 0 Å². The van der Waals surface area contributed by atoms with Crippen molar-refractivity contribution in [2.45, 2.75) is 309 Å². The molecule has 0 aromatic carbocycles. The molecule has 0 fully saturated rings. The summed E-state index contributed by atoms with van der Waals surface area (Å²) in [5.41, 5.74) is 0. The first-order chi connectivity index (χ1) is 40.0. The standard InChI is InChI=1S/C75H124O6/c1-4-7-10-13-16-19-22-25-27-28-29-30-31-32-33-34-35-36-37-38-39-40-41-42-43-44-45-46-48-50-53-56-59-62-65-68-74(77)80-71-72(70-79-73(76)67-64-61-58-55-52-49-24-21-18-15-12-9-6-3)81-75(78)69-66-63-60-57-54-51-47-26-23-20-17-14-11-8-5-2/h7,9-10,12,16,18-19,21,25,27,29-30,32-33,35-36,38-39,41-42,49,52,72H,4-6,8,11,13-15,17,20,22-24,26,28,31,34,37,40,43-48,50-51,53-71H2,1-3H3/b10-7-,12-9-,19-16-,21-18-,27-25-,30-29-,33-32-,36-35-,39-38-,42-41-,52-49-. The molecule has 0 heterocycles. The van der Waals surface area contributed by atoms with Crippen molar-refractivity contribution >= 4 is 17.9 Å². The normalized spacial score (nSPS) is 13.0. The van der Waals surface area contributed by atoms with Gasteiger partial charge < -0.3 is 14.2 Å². The van der Waals surface area contributed by atoms with Gasteiger partial charge in [-0.15, -0.1) is 0 Å². The average molecular weight is 1120 g/mol. The van der Waals surface area contributed by atoms with Crippen LogP contribution in [0.1, 0.15) is 303 Å². The van der Waals surface area contributed by atoms with Gasteiger partial charge >= 0.3 is 17.9 Å². The summed E-state index contributed by atoms with van der Waals surface area (Å²) in [5.74, 6) is -0.917. The molecule has 0 aliphatic rings. The van der Waals surface area contributed by atoms with Crippen molar-refractivity contribution < 1.29 is 28.6 Å². The van der Waals surface area contributed by atoms with E-state index >= 15 is 0 Å². The lowest BCUT2D eigenvalue weighted by Crippen LogP contribution is -2.30. The van der Waals surface area contributed by atoms with Gasteiger partial charge in [0.1, 0.15) is 13.2 Å². The molecule has 0 N–H and O–H groups in total. The summed E-state index contributed by atoms with van der Waals surface area (Å²) < 4.78 is 16.9.